The molecule has 0 bridgehead atoms. The van der Waals surface area contributed by atoms with Crippen LogP contribution in [0.25, 0.3) is 0 Å². The Morgan fingerprint density at radius 1 is 1.38 bits per heavy atom. The minimum absolute atomic E-state index is 0.0773. The maximum Gasteiger partial charge on any atom is 0.142 e. The summed E-state index contributed by atoms with van der Waals surface area (Å²) < 4.78 is 0. The van der Waals surface area contributed by atoms with E-state index in [4.69, 9.17) is 5.11 Å². The van der Waals surface area contributed by atoms with Crippen molar-refractivity contribution >= 4 is 21.6 Å². The van der Waals surface area contributed by atoms with Crippen molar-refractivity contribution in [3.05, 3.63) is 18.2 Å². The van der Waals surface area contributed by atoms with E-state index in [-0.39, 0.29) is 11.5 Å². The lowest BCUT2D eigenvalue weighted by Gasteiger charge is -2.18. The molecule has 0 aliphatic rings. The lowest BCUT2D eigenvalue weighted by molar-refractivity contribution is 0.450. The molecule has 0 amide bonds. The van der Waals surface area contributed by atoms with Crippen LogP contribution in [0.5, 0.6) is 11.5 Å². The second-order valence-electron chi connectivity index (χ2n) is 2.78. The highest BCUT2D eigenvalue weighted by atomic mass is 79.9. The minimum Gasteiger partial charge on any atom is -0.508 e. The highest BCUT2D eigenvalue weighted by Gasteiger charge is 2.05. The Morgan fingerprint density at radius 2 is 2.08 bits per heavy atom. The fourth-order valence-corrected chi connectivity index (χ4v) is 1.61. The third kappa shape index (κ3) is 2.52. The zero-order chi connectivity index (χ0) is 9.84. The Hall–Kier alpha value is -0.900. The van der Waals surface area contributed by atoms with Gasteiger partial charge in [-0.05, 0) is 12.1 Å². The van der Waals surface area contributed by atoms with Crippen LogP contribution in [0.3, 0.4) is 0 Å². The van der Waals surface area contributed by atoms with Gasteiger partial charge in [-0.3, -0.25) is 0 Å². The Balaban J connectivity index is 2.88. The van der Waals surface area contributed by atoms with Gasteiger partial charge in [-0.1, -0.05) is 15.9 Å². The minimum atomic E-state index is 0.0773. The lowest BCUT2D eigenvalue weighted by atomic mass is 10.2. The number of nitrogens with zero attached hydrogens (tertiary/aromatic N) is 1. The average Bonchev–Trinajstić information content (AvgIpc) is 2.04. The van der Waals surface area contributed by atoms with E-state index in [0.29, 0.717) is 0 Å². The van der Waals surface area contributed by atoms with Crippen molar-refractivity contribution in [2.45, 2.75) is 0 Å². The molecule has 2 N–H and O–H groups in total. The fraction of sp³-hybridized carbons (Fsp3) is 0.333. The van der Waals surface area contributed by atoms with Crippen LogP contribution < -0.4 is 4.90 Å². The van der Waals surface area contributed by atoms with Crippen molar-refractivity contribution in [2.24, 2.45) is 0 Å². The molecule has 0 unspecified atom stereocenters. The maximum absolute atomic E-state index is 9.47. The van der Waals surface area contributed by atoms with E-state index in [0.717, 1.165) is 17.6 Å². The highest BCUT2D eigenvalue weighted by molar-refractivity contribution is 9.09. The quantitative estimate of drug-likeness (QED) is 0.801. The van der Waals surface area contributed by atoms with Gasteiger partial charge in [0.1, 0.15) is 11.5 Å². The summed E-state index contributed by atoms with van der Waals surface area (Å²) in [5.41, 5.74) is 0.720. The summed E-state index contributed by atoms with van der Waals surface area (Å²) in [6.45, 7) is 0.804. The zero-order valence-corrected chi connectivity index (χ0v) is 8.95. The van der Waals surface area contributed by atoms with Crippen LogP contribution in [-0.4, -0.2) is 29.1 Å². The van der Waals surface area contributed by atoms with Crippen molar-refractivity contribution in [2.75, 3.05) is 23.8 Å². The molecule has 4 heteroatoms. The molecule has 1 aromatic carbocycles. The van der Waals surface area contributed by atoms with Gasteiger partial charge in [-0.25, -0.2) is 0 Å². The monoisotopic (exact) mass is 245 g/mol. The number of rotatable bonds is 3. The molecular formula is C9H12BrNO2. The van der Waals surface area contributed by atoms with E-state index in [1.807, 2.05) is 11.9 Å². The number of alkyl halides is 1. The van der Waals surface area contributed by atoms with E-state index in [1.165, 1.54) is 6.07 Å². The van der Waals surface area contributed by atoms with Crippen molar-refractivity contribution in [1.29, 1.82) is 0 Å². The molecule has 0 aliphatic heterocycles. The van der Waals surface area contributed by atoms with E-state index < -0.39 is 0 Å². The molecule has 13 heavy (non-hydrogen) atoms. The molecule has 0 atom stereocenters. The van der Waals surface area contributed by atoms with Crippen LogP contribution in [0.4, 0.5) is 5.69 Å². The zero-order valence-electron chi connectivity index (χ0n) is 7.37. The second kappa shape index (κ2) is 4.37. The summed E-state index contributed by atoms with van der Waals surface area (Å²) in [4.78, 5) is 1.91. The van der Waals surface area contributed by atoms with Gasteiger partial charge in [0.2, 0.25) is 0 Å². The smallest absolute Gasteiger partial charge is 0.142 e. The molecule has 0 heterocycles. The largest absolute Gasteiger partial charge is 0.508 e. The number of aromatic hydroxyl groups is 2. The van der Waals surface area contributed by atoms with Gasteiger partial charge in [0.15, 0.2) is 0 Å². The molecule has 0 radical (unpaired) electrons. The first-order valence-corrected chi connectivity index (χ1v) is 5.06. The van der Waals surface area contributed by atoms with Crippen LogP contribution in [0.1, 0.15) is 0 Å². The van der Waals surface area contributed by atoms with Gasteiger partial charge < -0.3 is 15.1 Å². The number of benzene rings is 1. The van der Waals surface area contributed by atoms with E-state index in [9.17, 15) is 5.11 Å². The van der Waals surface area contributed by atoms with Crippen molar-refractivity contribution < 1.29 is 10.2 Å². The van der Waals surface area contributed by atoms with Crippen LogP contribution >= 0.6 is 15.9 Å². The first-order chi connectivity index (χ1) is 6.15. The van der Waals surface area contributed by atoms with Gasteiger partial charge in [0.05, 0.1) is 5.69 Å². The molecule has 0 aliphatic carbocycles. The SMILES string of the molecule is CN(CCBr)c1ccc(O)cc1O. The first kappa shape index (κ1) is 10.2. The van der Waals surface area contributed by atoms with Crippen molar-refractivity contribution in [3.8, 4) is 11.5 Å². The van der Waals surface area contributed by atoms with Crippen molar-refractivity contribution in [1.82, 2.24) is 0 Å². The molecule has 1 aromatic rings. The molecular weight excluding hydrogens is 234 g/mol. The Labute approximate surface area is 85.7 Å². The number of anilines is 1. The van der Waals surface area contributed by atoms with Crippen LogP contribution in [0, 0.1) is 0 Å². The van der Waals surface area contributed by atoms with Gasteiger partial charge in [0, 0.05) is 25.0 Å². The van der Waals surface area contributed by atoms with Crippen molar-refractivity contribution in [3.63, 3.8) is 0 Å². The third-order valence-corrected chi connectivity index (χ3v) is 2.14. The number of hydrogen-bond acceptors (Lipinski definition) is 3. The summed E-state index contributed by atoms with van der Waals surface area (Å²) in [5, 5.41) is 19.4. The van der Waals surface area contributed by atoms with Gasteiger partial charge >= 0.3 is 0 Å². The molecule has 0 saturated carbocycles. The number of phenols is 2. The van der Waals surface area contributed by atoms with E-state index in [1.54, 1.807) is 12.1 Å². The lowest BCUT2D eigenvalue weighted by Crippen LogP contribution is -2.19. The third-order valence-electron chi connectivity index (χ3n) is 1.79. The van der Waals surface area contributed by atoms with Crippen LogP contribution in [0.15, 0.2) is 18.2 Å². The molecule has 0 aromatic heterocycles. The average molecular weight is 246 g/mol. The maximum atomic E-state index is 9.47. The molecule has 0 fully saturated rings. The number of halogens is 1. The Kier molecular flexibility index (Phi) is 3.42. The standard InChI is InChI=1S/C9H12BrNO2/c1-11(5-4-10)8-3-2-7(12)6-9(8)13/h2-3,6,12-13H,4-5H2,1H3. The summed E-state index contributed by atoms with van der Waals surface area (Å²) in [6.07, 6.45) is 0. The van der Waals surface area contributed by atoms with Gasteiger partial charge in [0.25, 0.3) is 0 Å². The van der Waals surface area contributed by atoms with Crippen LogP contribution in [-0.2, 0) is 0 Å². The van der Waals surface area contributed by atoms with E-state index >= 15 is 0 Å². The van der Waals surface area contributed by atoms with Crippen LogP contribution in [0.2, 0.25) is 0 Å². The van der Waals surface area contributed by atoms with Gasteiger partial charge in [-0.2, -0.15) is 0 Å². The Bertz CT molecular complexity index is 291. The van der Waals surface area contributed by atoms with Gasteiger partial charge in [-0.15, -0.1) is 0 Å². The predicted molar refractivity (Wildman–Crippen MR) is 56.8 cm³/mol. The fourth-order valence-electron chi connectivity index (χ4n) is 1.08. The first-order valence-electron chi connectivity index (χ1n) is 3.94. The summed E-state index contributed by atoms with van der Waals surface area (Å²) >= 11 is 3.31. The topological polar surface area (TPSA) is 43.7 Å². The number of phenolic OH excluding ortho intramolecular Hbond substituents is 2. The number of hydrogen-bond donors (Lipinski definition) is 2. The second-order valence-corrected chi connectivity index (χ2v) is 3.58. The van der Waals surface area contributed by atoms with E-state index in [2.05, 4.69) is 15.9 Å². The summed E-state index contributed by atoms with van der Waals surface area (Å²) in [5.74, 6) is 0.178. The molecule has 0 saturated heterocycles. The normalized spacial score (nSPS) is 10.0. The highest BCUT2D eigenvalue weighted by Crippen LogP contribution is 2.29. The summed E-state index contributed by atoms with van der Waals surface area (Å²) in [7, 11) is 1.88. The molecule has 0 spiro atoms. The molecule has 3 nitrogen and oxygen atoms in total. The molecule has 72 valence electrons. The predicted octanol–water partition coefficient (Wildman–Crippen LogP) is 1.93. The molecule has 1 rings (SSSR count). The summed E-state index contributed by atoms with van der Waals surface area (Å²) in [6, 6.07) is 4.58. The Morgan fingerprint density at radius 3 is 2.62 bits per heavy atom.